The van der Waals surface area contributed by atoms with Gasteiger partial charge in [-0.1, -0.05) is 19.8 Å². The molecule has 1 fully saturated rings. The molecule has 0 saturated heterocycles. The Balaban J connectivity index is 2.14. The summed E-state index contributed by atoms with van der Waals surface area (Å²) in [6.45, 7) is 4.78. The predicted molar refractivity (Wildman–Crippen MR) is 76.6 cm³/mol. The summed E-state index contributed by atoms with van der Waals surface area (Å²) in [5, 5.41) is 3.21. The molecule has 0 aromatic rings. The van der Waals surface area contributed by atoms with E-state index in [0.29, 0.717) is 12.6 Å². The van der Waals surface area contributed by atoms with E-state index in [-0.39, 0.29) is 5.75 Å². The van der Waals surface area contributed by atoms with Gasteiger partial charge in [-0.15, -0.1) is 0 Å². The maximum absolute atomic E-state index is 11.0. The summed E-state index contributed by atoms with van der Waals surface area (Å²) in [7, 11) is -0.645. The predicted octanol–water partition coefficient (Wildman–Crippen LogP) is 1.13. The Labute approximate surface area is 112 Å². The fraction of sp³-hybridized carbons (Fsp3) is 1.00. The molecule has 0 aromatic heterocycles. The molecular formula is C13H28N2O2S. The molecule has 1 aliphatic carbocycles. The van der Waals surface area contributed by atoms with Crippen molar-refractivity contribution < 1.29 is 8.42 Å². The first-order valence-corrected chi connectivity index (χ1v) is 9.05. The maximum Gasteiger partial charge on any atom is 0.148 e. The quantitative estimate of drug-likeness (QED) is 0.708. The molecule has 1 aliphatic rings. The van der Waals surface area contributed by atoms with Gasteiger partial charge in [-0.05, 0) is 25.8 Å². The standard InChI is InChI=1S/C13H28N2O2S/c1-12-6-4-5-7-13(12)15(2)10-8-14-9-11-18(3,16)17/h12-14H,4-11H2,1-3H3. The Morgan fingerprint density at radius 1 is 1.22 bits per heavy atom. The molecule has 0 spiro atoms. The molecule has 0 aliphatic heterocycles. The largest absolute Gasteiger partial charge is 0.314 e. The van der Waals surface area contributed by atoms with Crippen LogP contribution in [0.4, 0.5) is 0 Å². The highest BCUT2D eigenvalue weighted by atomic mass is 32.2. The molecular weight excluding hydrogens is 248 g/mol. The second-order valence-electron chi connectivity index (χ2n) is 5.69. The van der Waals surface area contributed by atoms with Gasteiger partial charge >= 0.3 is 0 Å². The molecule has 1 N–H and O–H groups in total. The third-order valence-electron chi connectivity index (χ3n) is 3.92. The first-order valence-electron chi connectivity index (χ1n) is 6.99. The fourth-order valence-corrected chi connectivity index (χ4v) is 3.27. The summed E-state index contributed by atoms with van der Waals surface area (Å²) >= 11 is 0. The molecule has 0 heterocycles. The van der Waals surface area contributed by atoms with Gasteiger partial charge in [-0.3, -0.25) is 0 Å². The minimum Gasteiger partial charge on any atom is -0.314 e. The molecule has 2 unspecified atom stereocenters. The van der Waals surface area contributed by atoms with Crippen LogP contribution in [-0.2, 0) is 9.84 Å². The van der Waals surface area contributed by atoms with E-state index in [4.69, 9.17) is 0 Å². The van der Waals surface area contributed by atoms with Crippen molar-refractivity contribution in [3.05, 3.63) is 0 Å². The van der Waals surface area contributed by atoms with Crippen LogP contribution in [0.1, 0.15) is 32.6 Å². The molecule has 18 heavy (non-hydrogen) atoms. The van der Waals surface area contributed by atoms with E-state index in [1.165, 1.54) is 31.9 Å². The van der Waals surface area contributed by atoms with E-state index >= 15 is 0 Å². The van der Waals surface area contributed by atoms with Gasteiger partial charge in [-0.25, -0.2) is 8.42 Å². The van der Waals surface area contributed by atoms with E-state index in [9.17, 15) is 8.42 Å². The van der Waals surface area contributed by atoms with Gasteiger partial charge in [0.2, 0.25) is 0 Å². The Kier molecular flexibility index (Phi) is 6.60. The Morgan fingerprint density at radius 3 is 2.50 bits per heavy atom. The molecule has 1 saturated carbocycles. The zero-order valence-electron chi connectivity index (χ0n) is 12.0. The monoisotopic (exact) mass is 276 g/mol. The summed E-state index contributed by atoms with van der Waals surface area (Å²) in [4.78, 5) is 2.43. The molecule has 2 atom stereocenters. The van der Waals surface area contributed by atoms with Crippen LogP contribution >= 0.6 is 0 Å². The van der Waals surface area contributed by atoms with E-state index in [1.807, 2.05) is 0 Å². The third-order valence-corrected chi connectivity index (χ3v) is 4.87. The fourth-order valence-electron chi connectivity index (χ4n) is 2.76. The number of hydrogen-bond donors (Lipinski definition) is 1. The van der Waals surface area contributed by atoms with Gasteiger partial charge in [-0.2, -0.15) is 0 Å². The summed E-state index contributed by atoms with van der Waals surface area (Å²) < 4.78 is 21.9. The minimum absolute atomic E-state index is 0.233. The highest BCUT2D eigenvalue weighted by molar-refractivity contribution is 7.90. The molecule has 1 rings (SSSR count). The lowest BCUT2D eigenvalue weighted by molar-refractivity contribution is 0.140. The van der Waals surface area contributed by atoms with Gasteiger partial charge < -0.3 is 10.2 Å². The van der Waals surface area contributed by atoms with Crippen molar-refractivity contribution in [3.63, 3.8) is 0 Å². The van der Waals surface area contributed by atoms with Crippen LogP contribution in [0.3, 0.4) is 0 Å². The zero-order valence-corrected chi connectivity index (χ0v) is 12.8. The number of nitrogens with one attached hydrogen (secondary N) is 1. The lowest BCUT2D eigenvalue weighted by Gasteiger charge is -2.36. The number of sulfone groups is 1. The highest BCUT2D eigenvalue weighted by Crippen LogP contribution is 2.26. The summed E-state index contributed by atoms with van der Waals surface area (Å²) in [5.41, 5.74) is 0. The van der Waals surface area contributed by atoms with Crippen molar-refractivity contribution in [1.82, 2.24) is 10.2 Å². The van der Waals surface area contributed by atoms with E-state index in [2.05, 4.69) is 24.2 Å². The van der Waals surface area contributed by atoms with Crippen LogP contribution in [0.2, 0.25) is 0 Å². The van der Waals surface area contributed by atoms with Crippen LogP contribution in [0.25, 0.3) is 0 Å². The second kappa shape index (κ2) is 7.46. The van der Waals surface area contributed by atoms with Crippen LogP contribution in [-0.4, -0.2) is 58.1 Å². The van der Waals surface area contributed by atoms with Gasteiger partial charge in [0.05, 0.1) is 5.75 Å². The van der Waals surface area contributed by atoms with E-state index < -0.39 is 9.84 Å². The van der Waals surface area contributed by atoms with E-state index in [1.54, 1.807) is 0 Å². The van der Waals surface area contributed by atoms with Crippen molar-refractivity contribution in [2.75, 3.05) is 38.7 Å². The van der Waals surface area contributed by atoms with Crippen molar-refractivity contribution in [3.8, 4) is 0 Å². The molecule has 0 aromatic carbocycles. The molecule has 5 heteroatoms. The van der Waals surface area contributed by atoms with E-state index in [0.717, 1.165) is 19.0 Å². The minimum atomic E-state index is -2.83. The third kappa shape index (κ3) is 6.16. The first kappa shape index (κ1) is 15.9. The van der Waals surface area contributed by atoms with Crippen LogP contribution in [0.15, 0.2) is 0 Å². The molecule has 4 nitrogen and oxygen atoms in total. The summed E-state index contributed by atoms with van der Waals surface area (Å²) in [6.07, 6.45) is 6.65. The molecule has 0 amide bonds. The first-order chi connectivity index (χ1) is 8.40. The summed E-state index contributed by atoms with van der Waals surface area (Å²) in [6, 6.07) is 0.704. The van der Waals surface area contributed by atoms with Crippen molar-refractivity contribution >= 4 is 9.84 Å². The lowest BCUT2D eigenvalue weighted by atomic mass is 9.85. The maximum atomic E-state index is 11.0. The summed E-state index contributed by atoms with van der Waals surface area (Å²) in [5.74, 6) is 1.02. The van der Waals surface area contributed by atoms with Crippen LogP contribution in [0, 0.1) is 5.92 Å². The number of rotatable bonds is 7. The van der Waals surface area contributed by atoms with Crippen LogP contribution < -0.4 is 5.32 Å². The topological polar surface area (TPSA) is 49.4 Å². The molecule has 0 radical (unpaired) electrons. The van der Waals surface area contributed by atoms with Gasteiger partial charge in [0.25, 0.3) is 0 Å². The van der Waals surface area contributed by atoms with Gasteiger partial charge in [0, 0.05) is 31.9 Å². The highest BCUT2D eigenvalue weighted by Gasteiger charge is 2.24. The SMILES string of the molecule is CC1CCCCC1N(C)CCNCCS(C)(=O)=O. The smallest absolute Gasteiger partial charge is 0.148 e. The van der Waals surface area contributed by atoms with Crippen LogP contribution in [0.5, 0.6) is 0 Å². The van der Waals surface area contributed by atoms with Gasteiger partial charge in [0.1, 0.15) is 9.84 Å². The van der Waals surface area contributed by atoms with Crippen molar-refractivity contribution in [1.29, 1.82) is 0 Å². The zero-order chi connectivity index (χ0) is 13.6. The van der Waals surface area contributed by atoms with Crippen molar-refractivity contribution in [2.24, 2.45) is 5.92 Å². The van der Waals surface area contributed by atoms with Crippen molar-refractivity contribution in [2.45, 2.75) is 38.6 Å². The number of nitrogens with zero attached hydrogens (tertiary/aromatic N) is 1. The Hall–Kier alpha value is -0.130. The average molecular weight is 276 g/mol. The Bertz CT molecular complexity index is 330. The molecule has 0 bridgehead atoms. The second-order valence-corrected chi connectivity index (χ2v) is 7.95. The van der Waals surface area contributed by atoms with Gasteiger partial charge in [0.15, 0.2) is 0 Å². The Morgan fingerprint density at radius 2 is 1.89 bits per heavy atom. The number of likely N-dealkylation sites (N-methyl/N-ethyl adjacent to an activating group) is 1. The molecule has 108 valence electrons. The lowest BCUT2D eigenvalue weighted by Crippen LogP contribution is -2.42. The average Bonchev–Trinajstić information content (AvgIpc) is 2.27. The normalized spacial score (nSPS) is 25.6. The number of hydrogen-bond acceptors (Lipinski definition) is 4.